The number of halogens is 1. The Morgan fingerprint density at radius 2 is 2.11 bits per heavy atom. The second-order valence-corrected chi connectivity index (χ2v) is 6.17. The molecular weight excluding hydrogens is 345 g/mol. The van der Waals surface area contributed by atoms with E-state index >= 15 is 0 Å². The van der Waals surface area contributed by atoms with Crippen molar-refractivity contribution >= 4 is 11.7 Å². The molecule has 5 nitrogen and oxygen atoms in total. The molecule has 0 aliphatic rings. The SMILES string of the molecule is CCC=CCCCOc1cccc(CNC(=O)c2ccc(C)nc2N)c1F. The first kappa shape index (κ1) is 20.4. The van der Waals surface area contributed by atoms with Gasteiger partial charge in [-0.3, -0.25) is 4.79 Å². The fourth-order valence-corrected chi connectivity index (χ4v) is 2.51. The highest BCUT2D eigenvalue weighted by Gasteiger charge is 2.13. The molecule has 0 unspecified atom stereocenters. The summed E-state index contributed by atoms with van der Waals surface area (Å²) in [5.74, 6) is -0.509. The maximum absolute atomic E-state index is 14.6. The molecular formula is C21H26FN3O2. The summed E-state index contributed by atoms with van der Waals surface area (Å²) in [5.41, 5.74) is 7.12. The molecule has 2 rings (SSSR count). The van der Waals surface area contributed by atoms with Crippen LogP contribution in [0, 0.1) is 12.7 Å². The minimum absolute atomic E-state index is 0.0361. The Hall–Kier alpha value is -2.89. The zero-order valence-corrected chi connectivity index (χ0v) is 15.8. The topological polar surface area (TPSA) is 77.2 Å². The van der Waals surface area contributed by atoms with E-state index < -0.39 is 11.7 Å². The van der Waals surface area contributed by atoms with Crippen molar-refractivity contribution in [3.8, 4) is 5.75 Å². The molecule has 1 amide bonds. The summed E-state index contributed by atoms with van der Waals surface area (Å²) in [7, 11) is 0. The average Bonchev–Trinajstić information content (AvgIpc) is 2.64. The Bertz CT molecular complexity index is 806. The lowest BCUT2D eigenvalue weighted by Crippen LogP contribution is -2.24. The smallest absolute Gasteiger partial charge is 0.255 e. The van der Waals surface area contributed by atoms with Gasteiger partial charge in [-0.25, -0.2) is 9.37 Å². The third kappa shape index (κ3) is 6.09. The van der Waals surface area contributed by atoms with Crippen LogP contribution in [0.2, 0.25) is 0 Å². The predicted molar refractivity (Wildman–Crippen MR) is 105 cm³/mol. The Kier molecular flexibility index (Phi) is 7.79. The molecule has 0 bridgehead atoms. The van der Waals surface area contributed by atoms with Gasteiger partial charge in [0.1, 0.15) is 5.82 Å². The molecule has 3 N–H and O–H groups in total. The van der Waals surface area contributed by atoms with Crippen molar-refractivity contribution in [2.45, 2.75) is 39.7 Å². The molecule has 1 aromatic carbocycles. The van der Waals surface area contributed by atoms with Crippen LogP contribution in [0.25, 0.3) is 0 Å². The summed E-state index contributed by atoms with van der Waals surface area (Å²) in [6, 6.07) is 8.22. The number of hydrogen-bond acceptors (Lipinski definition) is 4. The van der Waals surface area contributed by atoms with E-state index in [0.717, 1.165) is 25.0 Å². The van der Waals surface area contributed by atoms with Crippen LogP contribution >= 0.6 is 0 Å². The Morgan fingerprint density at radius 3 is 2.85 bits per heavy atom. The van der Waals surface area contributed by atoms with Gasteiger partial charge >= 0.3 is 0 Å². The quantitative estimate of drug-likeness (QED) is 0.512. The van der Waals surface area contributed by atoms with Crippen LogP contribution in [-0.2, 0) is 6.54 Å². The molecule has 0 radical (unpaired) electrons. The van der Waals surface area contributed by atoms with E-state index in [4.69, 9.17) is 10.5 Å². The van der Waals surface area contributed by atoms with Crippen LogP contribution in [0.5, 0.6) is 5.75 Å². The summed E-state index contributed by atoms with van der Waals surface area (Å²) in [6.45, 7) is 4.34. The van der Waals surface area contributed by atoms with Crippen LogP contribution < -0.4 is 15.8 Å². The van der Waals surface area contributed by atoms with Gasteiger partial charge in [-0.2, -0.15) is 0 Å². The van der Waals surface area contributed by atoms with Crippen LogP contribution in [0.15, 0.2) is 42.5 Å². The fourth-order valence-electron chi connectivity index (χ4n) is 2.51. The molecule has 6 heteroatoms. The number of aryl methyl sites for hydroxylation is 1. The number of ether oxygens (including phenoxy) is 1. The van der Waals surface area contributed by atoms with Crippen molar-refractivity contribution in [1.29, 1.82) is 0 Å². The Labute approximate surface area is 159 Å². The van der Waals surface area contributed by atoms with Crippen molar-refractivity contribution in [1.82, 2.24) is 10.3 Å². The van der Waals surface area contributed by atoms with Gasteiger partial charge in [0, 0.05) is 17.8 Å². The number of amides is 1. The van der Waals surface area contributed by atoms with E-state index in [1.807, 2.05) is 0 Å². The molecule has 0 aliphatic carbocycles. The first-order valence-electron chi connectivity index (χ1n) is 9.09. The lowest BCUT2D eigenvalue weighted by atomic mass is 10.1. The number of hydrogen-bond donors (Lipinski definition) is 2. The van der Waals surface area contributed by atoms with Gasteiger partial charge in [-0.15, -0.1) is 0 Å². The van der Waals surface area contributed by atoms with Crippen LogP contribution in [0.4, 0.5) is 10.2 Å². The number of nitrogens with one attached hydrogen (secondary N) is 1. The second-order valence-electron chi connectivity index (χ2n) is 6.17. The highest BCUT2D eigenvalue weighted by molar-refractivity contribution is 5.98. The number of carbonyl (C=O) groups excluding carboxylic acids is 1. The zero-order chi connectivity index (χ0) is 19.6. The summed E-state index contributed by atoms with van der Waals surface area (Å²) in [5, 5.41) is 2.67. The Balaban J connectivity index is 1.93. The molecule has 1 heterocycles. The molecule has 1 aromatic heterocycles. The van der Waals surface area contributed by atoms with Crippen molar-refractivity contribution in [2.75, 3.05) is 12.3 Å². The number of aromatic nitrogens is 1. The molecule has 0 spiro atoms. The molecule has 0 aliphatic heterocycles. The van der Waals surface area contributed by atoms with E-state index in [0.29, 0.717) is 12.2 Å². The number of pyridine rings is 1. The molecule has 0 saturated heterocycles. The summed E-state index contributed by atoms with van der Waals surface area (Å²) in [6.07, 6.45) is 6.92. The highest BCUT2D eigenvalue weighted by Crippen LogP contribution is 2.21. The minimum Gasteiger partial charge on any atom is -0.490 e. The van der Waals surface area contributed by atoms with Crippen LogP contribution in [0.1, 0.15) is 47.8 Å². The maximum atomic E-state index is 14.6. The van der Waals surface area contributed by atoms with Crippen molar-refractivity contribution in [3.05, 3.63) is 65.1 Å². The predicted octanol–water partition coefficient (Wildman–Crippen LogP) is 4.17. The van der Waals surface area contributed by atoms with Gasteiger partial charge in [0.2, 0.25) is 0 Å². The number of anilines is 1. The number of nitrogens with zero attached hydrogens (tertiary/aromatic N) is 1. The van der Waals surface area contributed by atoms with Gasteiger partial charge in [-0.1, -0.05) is 31.2 Å². The second kappa shape index (κ2) is 10.3. The monoisotopic (exact) mass is 371 g/mol. The summed E-state index contributed by atoms with van der Waals surface area (Å²) < 4.78 is 20.1. The largest absolute Gasteiger partial charge is 0.490 e. The van der Waals surface area contributed by atoms with Crippen molar-refractivity contribution < 1.29 is 13.9 Å². The van der Waals surface area contributed by atoms with Gasteiger partial charge in [-0.05, 0) is 44.4 Å². The summed E-state index contributed by atoms with van der Waals surface area (Å²) >= 11 is 0. The third-order valence-corrected chi connectivity index (χ3v) is 3.97. The number of allylic oxidation sites excluding steroid dienone is 2. The van der Waals surface area contributed by atoms with Crippen molar-refractivity contribution in [3.63, 3.8) is 0 Å². The highest BCUT2D eigenvalue weighted by atomic mass is 19.1. The lowest BCUT2D eigenvalue weighted by Gasteiger charge is -2.11. The van der Waals surface area contributed by atoms with Gasteiger partial charge < -0.3 is 15.8 Å². The standard InChI is InChI=1S/C21H26FN3O2/c1-3-4-5-6-7-13-27-18-10-8-9-16(19(18)22)14-24-21(26)17-12-11-15(2)25-20(17)23/h4-5,8-12H,3,6-7,13-14H2,1-2H3,(H2,23,25)(H,24,26). The summed E-state index contributed by atoms with van der Waals surface area (Å²) in [4.78, 5) is 16.3. The lowest BCUT2D eigenvalue weighted by molar-refractivity contribution is 0.0951. The third-order valence-electron chi connectivity index (χ3n) is 3.97. The van der Waals surface area contributed by atoms with Crippen LogP contribution in [-0.4, -0.2) is 17.5 Å². The van der Waals surface area contributed by atoms with E-state index in [-0.39, 0.29) is 23.7 Å². The number of rotatable bonds is 9. The maximum Gasteiger partial charge on any atom is 0.255 e. The van der Waals surface area contributed by atoms with Gasteiger partial charge in [0.05, 0.1) is 12.2 Å². The molecule has 2 aromatic rings. The molecule has 0 saturated carbocycles. The molecule has 0 fully saturated rings. The normalized spacial score (nSPS) is 10.9. The minimum atomic E-state index is -0.461. The number of nitrogen functional groups attached to an aromatic ring is 1. The van der Waals surface area contributed by atoms with E-state index in [1.54, 1.807) is 37.3 Å². The number of nitrogens with two attached hydrogens (primary N) is 1. The zero-order valence-electron chi connectivity index (χ0n) is 15.8. The number of unbranched alkanes of at least 4 members (excludes halogenated alkanes) is 1. The average molecular weight is 371 g/mol. The first-order valence-corrected chi connectivity index (χ1v) is 9.09. The number of carbonyl (C=O) groups is 1. The van der Waals surface area contributed by atoms with Gasteiger partial charge in [0.25, 0.3) is 5.91 Å². The van der Waals surface area contributed by atoms with Gasteiger partial charge in [0.15, 0.2) is 11.6 Å². The van der Waals surface area contributed by atoms with E-state index in [1.165, 1.54) is 0 Å². The van der Waals surface area contributed by atoms with E-state index in [2.05, 4.69) is 29.4 Å². The molecule has 144 valence electrons. The number of benzene rings is 1. The molecule has 27 heavy (non-hydrogen) atoms. The fraction of sp³-hybridized carbons (Fsp3) is 0.333. The van der Waals surface area contributed by atoms with Crippen molar-refractivity contribution in [2.24, 2.45) is 0 Å². The molecule has 0 atom stereocenters. The Morgan fingerprint density at radius 1 is 1.30 bits per heavy atom. The van der Waals surface area contributed by atoms with E-state index in [9.17, 15) is 9.18 Å². The van der Waals surface area contributed by atoms with Crippen LogP contribution in [0.3, 0.4) is 0 Å². The first-order chi connectivity index (χ1) is 13.0.